The zero-order chi connectivity index (χ0) is 22.9. The number of unbranched alkanes of at least 4 members (excludes halogenated alkanes) is 12. The van der Waals surface area contributed by atoms with Crippen molar-refractivity contribution in [1.29, 1.82) is 0 Å². The van der Waals surface area contributed by atoms with Gasteiger partial charge in [0.1, 0.15) is 18.3 Å². The Morgan fingerprint density at radius 1 is 0.645 bits per heavy atom. The molecule has 0 saturated carbocycles. The van der Waals surface area contributed by atoms with Crippen LogP contribution in [0.15, 0.2) is 0 Å². The Bertz CT molecular complexity index is 405. The molecule has 186 valence electrons. The van der Waals surface area contributed by atoms with Gasteiger partial charge in [-0.2, -0.15) is 0 Å². The molecule has 6 atom stereocenters. The van der Waals surface area contributed by atoms with Crippen LogP contribution in [0.25, 0.3) is 0 Å². The summed E-state index contributed by atoms with van der Waals surface area (Å²) in [5, 5.41) is 30.1. The van der Waals surface area contributed by atoms with Crippen molar-refractivity contribution in [2.24, 2.45) is 5.92 Å². The standard InChI is InChI=1S/C26H52O5/c1-4-6-8-10-12-13-15-17-19-22(18-16-14-11-9-7-5-2)20-30-26-25(29)24(28)23(27)21(3)31-26/h21-29H,4-20H2,1-3H3/t21-,22?,23+,24+,25-,26?/m0/s1. The third-order valence-electron chi connectivity index (χ3n) is 6.74. The monoisotopic (exact) mass is 444 g/mol. The van der Waals surface area contributed by atoms with E-state index in [1.165, 1.54) is 89.9 Å². The minimum Gasteiger partial charge on any atom is -0.388 e. The van der Waals surface area contributed by atoms with Crippen molar-refractivity contribution < 1.29 is 24.8 Å². The van der Waals surface area contributed by atoms with Gasteiger partial charge in [-0.05, 0) is 25.7 Å². The van der Waals surface area contributed by atoms with Gasteiger partial charge in [0.2, 0.25) is 0 Å². The molecule has 5 nitrogen and oxygen atoms in total. The number of rotatable bonds is 19. The highest BCUT2D eigenvalue weighted by Crippen LogP contribution is 2.25. The fourth-order valence-electron chi connectivity index (χ4n) is 4.47. The Morgan fingerprint density at radius 2 is 1.10 bits per heavy atom. The second-order valence-electron chi connectivity index (χ2n) is 9.70. The van der Waals surface area contributed by atoms with Crippen LogP contribution in [0.4, 0.5) is 0 Å². The molecule has 1 aliphatic rings. The summed E-state index contributed by atoms with van der Waals surface area (Å²) in [5.41, 5.74) is 0. The first-order valence-corrected chi connectivity index (χ1v) is 13.3. The Labute approximate surface area is 191 Å². The van der Waals surface area contributed by atoms with Gasteiger partial charge < -0.3 is 24.8 Å². The van der Waals surface area contributed by atoms with Crippen LogP contribution in [-0.2, 0) is 9.47 Å². The number of ether oxygens (including phenoxy) is 2. The number of hydrogen-bond acceptors (Lipinski definition) is 5. The van der Waals surface area contributed by atoms with Crippen molar-refractivity contribution >= 4 is 0 Å². The van der Waals surface area contributed by atoms with Crippen LogP contribution < -0.4 is 0 Å². The van der Waals surface area contributed by atoms with Gasteiger partial charge in [-0.15, -0.1) is 0 Å². The molecule has 0 aromatic heterocycles. The minimum absolute atomic E-state index is 0.460. The van der Waals surface area contributed by atoms with Gasteiger partial charge in [-0.25, -0.2) is 0 Å². The maximum atomic E-state index is 10.2. The second-order valence-corrected chi connectivity index (χ2v) is 9.70. The SMILES string of the molecule is CCCCCCCCCCC(CCCCCCCC)COC1O[C@@H](C)[C@@H](O)[C@@H](O)[C@@H]1O. The van der Waals surface area contributed by atoms with Gasteiger partial charge in [0.15, 0.2) is 6.29 Å². The van der Waals surface area contributed by atoms with E-state index in [9.17, 15) is 15.3 Å². The predicted octanol–water partition coefficient (Wildman–Crippen LogP) is 5.73. The lowest BCUT2D eigenvalue weighted by molar-refractivity contribution is -0.295. The summed E-state index contributed by atoms with van der Waals surface area (Å²) in [4.78, 5) is 0. The van der Waals surface area contributed by atoms with Crippen molar-refractivity contribution in [3.8, 4) is 0 Å². The molecule has 0 spiro atoms. The van der Waals surface area contributed by atoms with Crippen LogP contribution in [-0.4, -0.2) is 52.6 Å². The lowest BCUT2D eigenvalue weighted by Gasteiger charge is -2.39. The molecule has 1 aliphatic heterocycles. The molecule has 0 radical (unpaired) electrons. The van der Waals surface area contributed by atoms with Crippen LogP contribution >= 0.6 is 0 Å². The molecule has 0 aliphatic carbocycles. The van der Waals surface area contributed by atoms with Crippen LogP contribution in [0, 0.1) is 5.92 Å². The normalized spacial score (nSPS) is 27.5. The molecule has 31 heavy (non-hydrogen) atoms. The third-order valence-corrected chi connectivity index (χ3v) is 6.74. The molecule has 0 amide bonds. The number of aliphatic hydroxyl groups excluding tert-OH is 3. The molecule has 0 bridgehead atoms. The lowest BCUT2D eigenvalue weighted by atomic mass is 9.94. The summed E-state index contributed by atoms with van der Waals surface area (Å²) in [5.74, 6) is 0.460. The molecule has 3 N–H and O–H groups in total. The van der Waals surface area contributed by atoms with Gasteiger partial charge >= 0.3 is 0 Å². The molecule has 1 fully saturated rings. The van der Waals surface area contributed by atoms with E-state index in [0.29, 0.717) is 12.5 Å². The summed E-state index contributed by atoms with van der Waals surface area (Å²) in [6.45, 7) is 6.75. The van der Waals surface area contributed by atoms with E-state index in [0.717, 1.165) is 12.8 Å². The fourth-order valence-corrected chi connectivity index (χ4v) is 4.47. The van der Waals surface area contributed by atoms with Gasteiger partial charge in [0, 0.05) is 0 Å². The maximum absolute atomic E-state index is 10.2. The topological polar surface area (TPSA) is 79.2 Å². The molecule has 1 rings (SSSR count). The summed E-state index contributed by atoms with van der Waals surface area (Å²) in [6, 6.07) is 0. The molecule has 1 saturated heterocycles. The van der Waals surface area contributed by atoms with Crippen molar-refractivity contribution in [2.75, 3.05) is 6.61 Å². The summed E-state index contributed by atoms with van der Waals surface area (Å²) < 4.78 is 11.5. The van der Waals surface area contributed by atoms with Crippen LogP contribution in [0.3, 0.4) is 0 Å². The lowest BCUT2D eigenvalue weighted by Crippen LogP contribution is -2.57. The summed E-state index contributed by atoms with van der Waals surface area (Å²) in [6.07, 6.45) is 15.7. The first-order chi connectivity index (χ1) is 15.0. The highest BCUT2D eigenvalue weighted by atomic mass is 16.7. The highest BCUT2D eigenvalue weighted by molar-refractivity contribution is 4.87. The summed E-state index contributed by atoms with van der Waals surface area (Å²) in [7, 11) is 0. The van der Waals surface area contributed by atoms with E-state index < -0.39 is 30.7 Å². The van der Waals surface area contributed by atoms with Gasteiger partial charge in [-0.3, -0.25) is 0 Å². The number of aliphatic hydroxyl groups is 3. The Kier molecular flexibility index (Phi) is 17.0. The van der Waals surface area contributed by atoms with E-state index in [2.05, 4.69) is 13.8 Å². The zero-order valence-corrected chi connectivity index (χ0v) is 20.6. The quantitative estimate of drug-likeness (QED) is 0.222. The molecular formula is C26H52O5. The highest BCUT2D eigenvalue weighted by Gasteiger charge is 2.42. The Morgan fingerprint density at radius 3 is 1.58 bits per heavy atom. The van der Waals surface area contributed by atoms with Crippen LogP contribution in [0.5, 0.6) is 0 Å². The van der Waals surface area contributed by atoms with E-state index in [4.69, 9.17) is 9.47 Å². The van der Waals surface area contributed by atoms with Gasteiger partial charge in [-0.1, -0.05) is 104 Å². The Balaban J connectivity index is 2.35. The van der Waals surface area contributed by atoms with E-state index in [1.807, 2.05) is 0 Å². The molecule has 0 aromatic carbocycles. The molecule has 2 unspecified atom stereocenters. The van der Waals surface area contributed by atoms with Gasteiger partial charge in [0.05, 0.1) is 12.7 Å². The average Bonchev–Trinajstić information content (AvgIpc) is 2.77. The average molecular weight is 445 g/mol. The van der Waals surface area contributed by atoms with Gasteiger partial charge in [0.25, 0.3) is 0 Å². The van der Waals surface area contributed by atoms with E-state index >= 15 is 0 Å². The molecule has 0 aromatic rings. The predicted molar refractivity (Wildman–Crippen MR) is 127 cm³/mol. The maximum Gasteiger partial charge on any atom is 0.186 e. The molecule has 5 heteroatoms. The molecular weight excluding hydrogens is 392 g/mol. The first kappa shape index (κ1) is 28.8. The third kappa shape index (κ3) is 12.6. The van der Waals surface area contributed by atoms with Crippen molar-refractivity contribution in [3.05, 3.63) is 0 Å². The van der Waals surface area contributed by atoms with Crippen molar-refractivity contribution in [2.45, 2.75) is 154 Å². The van der Waals surface area contributed by atoms with Crippen LogP contribution in [0.2, 0.25) is 0 Å². The van der Waals surface area contributed by atoms with E-state index in [1.54, 1.807) is 6.92 Å². The zero-order valence-electron chi connectivity index (χ0n) is 20.6. The fraction of sp³-hybridized carbons (Fsp3) is 1.00. The van der Waals surface area contributed by atoms with Crippen LogP contribution in [0.1, 0.15) is 124 Å². The van der Waals surface area contributed by atoms with Crippen molar-refractivity contribution in [1.82, 2.24) is 0 Å². The largest absolute Gasteiger partial charge is 0.388 e. The van der Waals surface area contributed by atoms with E-state index in [-0.39, 0.29) is 0 Å². The first-order valence-electron chi connectivity index (χ1n) is 13.3. The smallest absolute Gasteiger partial charge is 0.186 e. The Hall–Kier alpha value is -0.200. The summed E-state index contributed by atoms with van der Waals surface area (Å²) >= 11 is 0. The molecule has 1 heterocycles. The van der Waals surface area contributed by atoms with Crippen molar-refractivity contribution in [3.63, 3.8) is 0 Å². The second kappa shape index (κ2) is 18.3. The minimum atomic E-state index is -1.22. The number of hydrogen-bond donors (Lipinski definition) is 3.